The van der Waals surface area contributed by atoms with Gasteiger partial charge in [0.25, 0.3) is 0 Å². The first-order chi connectivity index (χ1) is 10.1. The van der Waals surface area contributed by atoms with Crippen molar-refractivity contribution in [3.8, 4) is 0 Å². The predicted molar refractivity (Wildman–Crippen MR) is 87.4 cm³/mol. The van der Waals surface area contributed by atoms with Crippen LogP contribution in [-0.4, -0.2) is 34.0 Å². The van der Waals surface area contributed by atoms with Gasteiger partial charge in [-0.25, -0.2) is 0 Å². The van der Waals surface area contributed by atoms with Crippen molar-refractivity contribution in [1.29, 1.82) is 0 Å². The molecule has 0 aliphatic carbocycles. The zero-order valence-corrected chi connectivity index (χ0v) is 13.8. The number of carboxylic acids is 1. The molecular formula is C16H19BrN2O2. The summed E-state index contributed by atoms with van der Waals surface area (Å²) < 4.78 is 0.975. The molecule has 1 unspecified atom stereocenters. The van der Waals surface area contributed by atoms with E-state index in [1.165, 1.54) is 0 Å². The highest BCUT2D eigenvalue weighted by Crippen LogP contribution is 2.33. The summed E-state index contributed by atoms with van der Waals surface area (Å²) in [6.45, 7) is 5.71. The van der Waals surface area contributed by atoms with Crippen LogP contribution in [0.4, 0.5) is 0 Å². The molecule has 0 amide bonds. The van der Waals surface area contributed by atoms with Crippen molar-refractivity contribution in [3.63, 3.8) is 0 Å². The number of pyridine rings is 1. The van der Waals surface area contributed by atoms with Gasteiger partial charge in [-0.05, 0) is 30.8 Å². The Bertz CT molecular complexity index is 641. The third kappa shape index (κ3) is 3.41. The van der Waals surface area contributed by atoms with Gasteiger partial charge in [0.2, 0.25) is 0 Å². The fourth-order valence-electron chi connectivity index (χ4n) is 2.69. The molecule has 0 fully saturated rings. The number of benzene rings is 1. The molecule has 1 atom stereocenters. The van der Waals surface area contributed by atoms with Crippen LogP contribution in [0.15, 0.2) is 34.9 Å². The van der Waals surface area contributed by atoms with Gasteiger partial charge >= 0.3 is 5.97 Å². The largest absolute Gasteiger partial charge is 0.481 e. The molecule has 0 bridgehead atoms. The molecule has 1 N–H and O–H groups in total. The highest BCUT2D eigenvalue weighted by atomic mass is 79.9. The number of carbonyl (C=O) groups is 1. The second kappa shape index (κ2) is 7.00. The Morgan fingerprint density at radius 2 is 2.05 bits per heavy atom. The van der Waals surface area contributed by atoms with Crippen molar-refractivity contribution in [2.75, 3.05) is 13.1 Å². The van der Waals surface area contributed by atoms with Crippen molar-refractivity contribution in [2.24, 2.45) is 0 Å². The third-order valence-corrected chi connectivity index (χ3v) is 4.42. The van der Waals surface area contributed by atoms with Crippen LogP contribution in [0, 0.1) is 0 Å². The number of aliphatic carboxylic acids is 1. The maximum atomic E-state index is 11.3. The van der Waals surface area contributed by atoms with Crippen LogP contribution in [-0.2, 0) is 4.79 Å². The van der Waals surface area contributed by atoms with E-state index in [1.54, 1.807) is 6.20 Å². The summed E-state index contributed by atoms with van der Waals surface area (Å²) in [7, 11) is 0. The molecular weight excluding hydrogens is 332 g/mol. The van der Waals surface area contributed by atoms with E-state index in [1.807, 2.05) is 38.1 Å². The van der Waals surface area contributed by atoms with E-state index in [2.05, 4.69) is 25.8 Å². The van der Waals surface area contributed by atoms with E-state index in [9.17, 15) is 9.90 Å². The first kappa shape index (κ1) is 15.9. The minimum atomic E-state index is -0.793. The molecule has 0 radical (unpaired) electrons. The molecule has 0 spiro atoms. The van der Waals surface area contributed by atoms with E-state index in [0.29, 0.717) is 0 Å². The average Bonchev–Trinajstić information content (AvgIpc) is 2.48. The summed E-state index contributed by atoms with van der Waals surface area (Å²) in [5.41, 5.74) is 1.84. The molecule has 2 aromatic rings. The highest BCUT2D eigenvalue weighted by molar-refractivity contribution is 9.10. The first-order valence-electron chi connectivity index (χ1n) is 7.07. The Labute approximate surface area is 132 Å². The van der Waals surface area contributed by atoms with Gasteiger partial charge in [-0.15, -0.1) is 0 Å². The van der Waals surface area contributed by atoms with Crippen LogP contribution in [0.3, 0.4) is 0 Å². The van der Waals surface area contributed by atoms with E-state index < -0.39 is 5.97 Å². The van der Waals surface area contributed by atoms with Crippen molar-refractivity contribution >= 4 is 32.8 Å². The molecule has 4 nitrogen and oxygen atoms in total. The van der Waals surface area contributed by atoms with Gasteiger partial charge in [0.15, 0.2) is 0 Å². The van der Waals surface area contributed by atoms with E-state index >= 15 is 0 Å². The predicted octanol–water partition coefficient (Wildman–Crippen LogP) is 3.85. The molecule has 5 heteroatoms. The zero-order valence-electron chi connectivity index (χ0n) is 12.2. The Kier molecular flexibility index (Phi) is 5.31. The van der Waals surface area contributed by atoms with Gasteiger partial charge < -0.3 is 5.11 Å². The fraction of sp³-hybridized carbons (Fsp3) is 0.375. The van der Waals surface area contributed by atoms with Gasteiger partial charge in [-0.2, -0.15) is 0 Å². The normalized spacial score (nSPS) is 12.8. The summed E-state index contributed by atoms with van der Waals surface area (Å²) in [6.07, 6.45) is 1.83. The average molecular weight is 351 g/mol. The van der Waals surface area contributed by atoms with Gasteiger partial charge in [0.05, 0.1) is 11.9 Å². The molecule has 0 aliphatic rings. The number of halogens is 1. The number of hydrogen-bond acceptors (Lipinski definition) is 3. The molecule has 2 rings (SSSR count). The van der Waals surface area contributed by atoms with Gasteiger partial charge in [0.1, 0.15) is 0 Å². The summed E-state index contributed by atoms with van der Waals surface area (Å²) in [5, 5.41) is 10.3. The summed E-state index contributed by atoms with van der Waals surface area (Å²) >= 11 is 3.53. The van der Waals surface area contributed by atoms with Gasteiger partial charge in [-0.3, -0.25) is 14.7 Å². The number of carboxylic acid groups (broad SMARTS) is 1. The first-order valence-corrected chi connectivity index (χ1v) is 7.86. The van der Waals surface area contributed by atoms with Crippen LogP contribution in [0.1, 0.15) is 31.9 Å². The van der Waals surface area contributed by atoms with E-state index in [4.69, 9.17) is 0 Å². The van der Waals surface area contributed by atoms with Gasteiger partial charge in [-0.1, -0.05) is 41.9 Å². The second-order valence-electron chi connectivity index (χ2n) is 4.87. The number of fused-ring (bicyclic) bond motifs is 1. The maximum Gasteiger partial charge on any atom is 0.305 e. The SMILES string of the molecule is CCN(CC)C(CC(=O)O)c1ccc(Br)c2cccnc12. The lowest BCUT2D eigenvalue weighted by molar-refractivity contribution is -0.138. The van der Waals surface area contributed by atoms with Crippen molar-refractivity contribution in [3.05, 3.63) is 40.5 Å². The molecule has 1 aromatic carbocycles. The second-order valence-corrected chi connectivity index (χ2v) is 5.73. The third-order valence-electron chi connectivity index (χ3n) is 3.73. The van der Waals surface area contributed by atoms with Crippen molar-refractivity contribution in [1.82, 2.24) is 9.88 Å². The minimum Gasteiger partial charge on any atom is -0.481 e. The molecule has 21 heavy (non-hydrogen) atoms. The number of nitrogens with zero attached hydrogens (tertiary/aromatic N) is 2. The maximum absolute atomic E-state index is 11.3. The lowest BCUT2D eigenvalue weighted by Crippen LogP contribution is -2.30. The number of hydrogen-bond donors (Lipinski definition) is 1. The van der Waals surface area contributed by atoms with Crippen molar-refractivity contribution < 1.29 is 9.90 Å². The summed E-state index contributed by atoms with van der Waals surface area (Å²) in [6, 6.07) is 7.67. The quantitative estimate of drug-likeness (QED) is 0.859. The Morgan fingerprint density at radius 1 is 1.33 bits per heavy atom. The number of rotatable bonds is 6. The van der Waals surface area contributed by atoms with E-state index in [0.717, 1.165) is 34.0 Å². The lowest BCUT2D eigenvalue weighted by Gasteiger charge is -2.29. The molecule has 0 aliphatic heterocycles. The number of aromatic nitrogens is 1. The Morgan fingerprint density at radius 3 is 2.67 bits per heavy atom. The molecule has 112 valence electrons. The molecule has 1 aromatic heterocycles. The minimum absolute atomic E-state index is 0.0784. The van der Waals surface area contributed by atoms with Crippen LogP contribution >= 0.6 is 15.9 Å². The smallest absolute Gasteiger partial charge is 0.305 e. The van der Waals surface area contributed by atoms with Crippen LogP contribution in [0.25, 0.3) is 10.9 Å². The molecule has 0 saturated carbocycles. The zero-order chi connectivity index (χ0) is 15.4. The fourth-order valence-corrected chi connectivity index (χ4v) is 3.15. The standard InChI is InChI=1S/C16H19BrN2O2/c1-3-19(4-2)14(10-15(20)21)12-7-8-13(17)11-6-5-9-18-16(11)12/h5-9,14H,3-4,10H2,1-2H3,(H,20,21). The van der Waals surface area contributed by atoms with Crippen LogP contribution in [0.5, 0.6) is 0 Å². The Hall–Kier alpha value is -1.46. The Balaban J connectivity index is 2.59. The molecule has 1 heterocycles. The van der Waals surface area contributed by atoms with Gasteiger partial charge in [0, 0.05) is 22.1 Å². The topological polar surface area (TPSA) is 53.4 Å². The monoisotopic (exact) mass is 350 g/mol. The highest BCUT2D eigenvalue weighted by Gasteiger charge is 2.23. The van der Waals surface area contributed by atoms with Crippen LogP contribution in [0.2, 0.25) is 0 Å². The molecule has 0 saturated heterocycles. The van der Waals surface area contributed by atoms with Crippen molar-refractivity contribution in [2.45, 2.75) is 26.3 Å². The van der Waals surface area contributed by atoms with E-state index in [-0.39, 0.29) is 12.5 Å². The van der Waals surface area contributed by atoms with Crippen LogP contribution < -0.4 is 0 Å². The summed E-state index contributed by atoms with van der Waals surface area (Å²) in [4.78, 5) is 17.9. The lowest BCUT2D eigenvalue weighted by atomic mass is 9.98. The summed E-state index contributed by atoms with van der Waals surface area (Å²) in [5.74, 6) is -0.793.